The molecule has 1 amide bonds. The fourth-order valence-corrected chi connectivity index (χ4v) is 1.28. The largest absolute Gasteiger partial charge is 0.444 e. The molecule has 1 rings (SSSR count). The molecular weight excluding hydrogens is 244 g/mol. The van der Waals surface area contributed by atoms with Crippen LogP contribution >= 0.6 is 0 Å². The fourth-order valence-electron chi connectivity index (χ4n) is 1.28. The Hall–Kier alpha value is -1.69. The van der Waals surface area contributed by atoms with E-state index in [0.29, 0.717) is 0 Å². The lowest BCUT2D eigenvalue weighted by Gasteiger charge is -2.20. The van der Waals surface area contributed by atoms with Crippen LogP contribution in [0.25, 0.3) is 0 Å². The number of hydrogen-bond donors (Lipinski definition) is 2. The van der Waals surface area contributed by atoms with Gasteiger partial charge < -0.3 is 9.84 Å². The summed E-state index contributed by atoms with van der Waals surface area (Å²) in [5, 5.41) is 11.2. The van der Waals surface area contributed by atoms with Crippen LogP contribution < -0.4 is 5.32 Å². The molecule has 0 aromatic heterocycles. The van der Waals surface area contributed by atoms with Gasteiger partial charge in [0.15, 0.2) is 11.6 Å². The van der Waals surface area contributed by atoms with Crippen LogP contribution in [0.15, 0.2) is 12.1 Å². The number of benzene rings is 1. The molecule has 6 heteroatoms. The molecule has 4 nitrogen and oxygen atoms in total. The Bertz CT molecular complexity index is 455. The first-order valence-electron chi connectivity index (χ1n) is 5.32. The molecule has 0 spiro atoms. The molecule has 18 heavy (non-hydrogen) atoms. The first-order valence-corrected chi connectivity index (χ1v) is 5.32. The molecule has 0 radical (unpaired) electrons. The zero-order valence-corrected chi connectivity index (χ0v) is 10.4. The highest BCUT2D eigenvalue weighted by atomic mass is 19.2. The number of ether oxygens (including phenoxy) is 1. The molecule has 0 atom stereocenters. The van der Waals surface area contributed by atoms with E-state index < -0.39 is 29.9 Å². The summed E-state index contributed by atoms with van der Waals surface area (Å²) in [4.78, 5) is 11.5. The second kappa shape index (κ2) is 5.30. The maximum absolute atomic E-state index is 13.3. The Balaban J connectivity index is 2.92. The number of nitrogens with one attached hydrogen (secondary N) is 1. The number of carbonyl (C=O) groups is 1. The summed E-state index contributed by atoms with van der Waals surface area (Å²) < 4.78 is 31.2. The molecule has 100 valence electrons. The third-order valence-corrected chi connectivity index (χ3v) is 1.99. The molecule has 0 aliphatic heterocycles. The SMILES string of the molecule is CC(C)(C)OC(=O)Nc1ccc(F)c(F)c1CO. The third kappa shape index (κ3) is 3.66. The van der Waals surface area contributed by atoms with Crippen molar-refractivity contribution in [2.45, 2.75) is 33.0 Å². The van der Waals surface area contributed by atoms with Crippen molar-refractivity contribution in [3.8, 4) is 0 Å². The lowest BCUT2D eigenvalue weighted by atomic mass is 10.1. The van der Waals surface area contributed by atoms with Gasteiger partial charge in [-0.2, -0.15) is 0 Å². The van der Waals surface area contributed by atoms with E-state index in [1.54, 1.807) is 20.8 Å². The Labute approximate surface area is 104 Å². The predicted molar refractivity (Wildman–Crippen MR) is 62.1 cm³/mol. The quantitative estimate of drug-likeness (QED) is 0.858. The van der Waals surface area contributed by atoms with Crippen LogP contribution in [0, 0.1) is 11.6 Å². The number of aliphatic hydroxyl groups excluding tert-OH is 1. The second-order valence-electron chi connectivity index (χ2n) is 4.67. The standard InChI is InChI=1S/C12H15F2NO3/c1-12(2,3)18-11(17)15-9-5-4-8(13)10(14)7(9)6-16/h4-5,16H,6H2,1-3H3,(H,15,17). The maximum atomic E-state index is 13.3. The van der Waals surface area contributed by atoms with Gasteiger partial charge in [-0.3, -0.25) is 5.32 Å². The minimum Gasteiger partial charge on any atom is -0.444 e. The van der Waals surface area contributed by atoms with E-state index in [2.05, 4.69) is 5.32 Å². The highest BCUT2D eigenvalue weighted by Gasteiger charge is 2.19. The van der Waals surface area contributed by atoms with E-state index in [0.717, 1.165) is 12.1 Å². The third-order valence-electron chi connectivity index (χ3n) is 1.99. The first-order chi connectivity index (χ1) is 8.24. The number of amides is 1. The van der Waals surface area contributed by atoms with Crippen LogP contribution in [0.2, 0.25) is 0 Å². The first kappa shape index (κ1) is 14.4. The molecule has 1 aromatic carbocycles. The summed E-state index contributed by atoms with van der Waals surface area (Å²) in [6.07, 6.45) is -0.803. The van der Waals surface area contributed by atoms with Crippen molar-refractivity contribution in [1.82, 2.24) is 0 Å². The predicted octanol–water partition coefficient (Wildman–Crippen LogP) is 2.80. The molecule has 0 heterocycles. The maximum Gasteiger partial charge on any atom is 0.412 e. The average Bonchev–Trinajstić information content (AvgIpc) is 2.21. The van der Waals surface area contributed by atoms with E-state index in [4.69, 9.17) is 9.84 Å². The highest BCUT2D eigenvalue weighted by Crippen LogP contribution is 2.22. The van der Waals surface area contributed by atoms with Gasteiger partial charge >= 0.3 is 6.09 Å². The van der Waals surface area contributed by atoms with Gasteiger partial charge in [-0.25, -0.2) is 13.6 Å². The molecule has 0 aliphatic rings. The number of carbonyl (C=O) groups excluding carboxylic acids is 1. The van der Waals surface area contributed by atoms with Gasteiger partial charge in [0.1, 0.15) is 5.60 Å². The summed E-state index contributed by atoms with van der Waals surface area (Å²) in [7, 11) is 0. The van der Waals surface area contributed by atoms with Crippen molar-refractivity contribution >= 4 is 11.8 Å². The minimum absolute atomic E-state index is 0.0225. The Morgan fingerprint density at radius 2 is 2.00 bits per heavy atom. The summed E-state index contributed by atoms with van der Waals surface area (Å²) in [6, 6.07) is 2.02. The summed E-state index contributed by atoms with van der Waals surface area (Å²) in [5.74, 6) is -2.28. The van der Waals surface area contributed by atoms with Crippen LogP contribution in [-0.4, -0.2) is 16.8 Å². The summed E-state index contributed by atoms with van der Waals surface area (Å²) in [5.41, 5.74) is -1.05. The average molecular weight is 259 g/mol. The molecule has 0 aliphatic carbocycles. The number of halogens is 2. The minimum atomic E-state index is -1.19. The summed E-state index contributed by atoms with van der Waals surface area (Å²) >= 11 is 0. The van der Waals surface area contributed by atoms with E-state index in [9.17, 15) is 13.6 Å². The lowest BCUT2D eigenvalue weighted by molar-refractivity contribution is 0.0635. The smallest absolute Gasteiger partial charge is 0.412 e. The molecule has 0 fully saturated rings. The van der Waals surface area contributed by atoms with E-state index in [-0.39, 0.29) is 11.3 Å². The van der Waals surface area contributed by atoms with Gasteiger partial charge in [0.05, 0.1) is 12.3 Å². The van der Waals surface area contributed by atoms with Gasteiger partial charge in [-0.1, -0.05) is 0 Å². The molecule has 0 saturated carbocycles. The number of anilines is 1. The Morgan fingerprint density at radius 1 is 1.39 bits per heavy atom. The van der Waals surface area contributed by atoms with Gasteiger partial charge in [0.2, 0.25) is 0 Å². The summed E-state index contributed by atoms with van der Waals surface area (Å²) in [6.45, 7) is 4.29. The van der Waals surface area contributed by atoms with Crippen LogP contribution in [0.4, 0.5) is 19.3 Å². The van der Waals surface area contributed by atoms with Crippen molar-refractivity contribution in [3.63, 3.8) is 0 Å². The van der Waals surface area contributed by atoms with Crippen molar-refractivity contribution in [1.29, 1.82) is 0 Å². The topological polar surface area (TPSA) is 58.6 Å². The van der Waals surface area contributed by atoms with Gasteiger partial charge in [0.25, 0.3) is 0 Å². The molecule has 0 unspecified atom stereocenters. The number of rotatable bonds is 2. The highest BCUT2D eigenvalue weighted by molar-refractivity contribution is 5.85. The Morgan fingerprint density at radius 3 is 2.50 bits per heavy atom. The van der Waals surface area contributed by atoms with E-state index in [1.807, 2.05) is 0 Å². The van der Waals surface area contributed by atoms with Crippen molar-refractivity contribution < 1.29 is 23.4 Å². The number of aliphatic hydroxyl groups is 1. The van der Waals surface area contributed by atoms with Crippen LogP contribution in [0.5, 0.6) is 0 Å². The number of hydrogen-bond acceptors (Lipinski definition) is 3. The van der Waals surface area contributed by atoms with Crippen molar-refractivity contribution in [3.05, 3.63) is 29.3 Å². The molecule has 2 N–H and O–H groups in total. The van der Waals surface area contributed by atoms with Gasteiger partial charge in [-0.15, -0.1) is 0 Å². The molecule has 1 aromatic rings. The van der Waals surface area contributed by atoms with Gasteiger partial charge in [-0.05, 0) is 32.9 Å². The molecule has 0 bridgehead atoms. The van der Waals surface area contributed by atoms with Crippen LogP contribution in [-0.2, 0) is 11.3 Å². The van der Waals surface area contributed by atoms with Crippen molar-refractivity contribution in [2.24, 2.45) is 0 Å². The van der Waals surface area contributed by atoms with Crippen LogP contribution in [0.1, 0.15) is 26.3 Å². The lowest BCUT2D eigenvalue weighted by Crippen LogP contribution is -2.27. The van der Waals surface area contributed by atoms with Crippen LogP contribution in [0.3, 0.4) is 0 Å². The van der Waals surface area contributed by atoms with Gasteiger partial charge in [0, 0.05) is 5.56 Å². The molecule has 0 saturated heterocycles. The molecular formula is C12H15F2NO3. The monoisotopic (exact) mass is 259 g/mol. The van der Waals surface area contributed by atoms with E-state index in [1.165, 1.54) is 0 Å². The Kier molecular flexibility index (Phi) is 4.24. The fraction of sp³-hybridized carbons (Fsp3) is 0.417. The second-order valence-corrected chi connectivity index (χ2v) is 4.67. The zero-order chi connectivity index (χ0) is 13.9. The van der Waals surface area contributed by atoms with E-state index >= 15 is 0 Å². The van der Waals surface area contributed by atoms with Crippen molar-refractivity contribution in [2.75, 3.05) is 5.32 Å². The zero-order valence-electron chi connectivity index (χ0n) is 10.4. The normalized spacial score (nSPS) is 11.2.